The molecule has 5 aromatic rings. The van der Waals surface area contributed by atoms with Gasteiger partial charge in [-0.05, 0) is 42.4 Å². The highest BCUT2D eigenvalue weighted by molar-refractivity contribution is 9.10. The Labute approximate surface area is 235 Å². The van der Waals surface area contributed by atoms with Crippen molar-refractivity contribution in [3.63, 3.8) is 0 Å². The van der Waals surface area contributed by atoms with E-state index in [-0.39, 0.29) is 29.0 Å². The molecule has 1 aliphatic heterocycles. The number of amides is 2. The van der Waals surface area contributed by atoms with Crippen molar-refractivity contribution in [3.8, 4) is 0 Å². The number of aromatic amines is 1. The van der Waals surface area contributed by atoms with Gasteiger partial charge in [0.15, 0.2) is 8.32 Å². The van der Waals surface area contributed by atoms with Gasteiger partial charge in [0.1, 0.15) is 0 Å². The number of hydrogen-bond acceptors (Lipinski definition) is 3. The van der Waals surface area contributed by atoms with Gasteiger partial charge in [-0.25, -0.2) is 0 Å². The SMILES string of the molecule is CC(C)(C)[Si](C)(C)O[C@H]1C=C[C@@H](n2c3ccc(Br)cc3c3c4c(c5c6ccccc6[nH]c5c32)C(=O)NC4=O)C1. The Morgan fingerprint density at radius 3 is 2.44 bits per heavy atom. The van der Waals surface area contributed by atoms with Crippen LogP contribution in [0.15, 0.2) is 59.1 Å². The van der Waals surface area contributed by atoms with Crippen LogP contribution in [0.2, 0.25) is 18.1 Å². The van der Waals surface area contributed by atoms with E-state index < -0.39 is 8.32 Å². The van der Waals surface area contributed by atoms with Gasteiger partial charge in [0, 0.05) is 43.5 Å². The summed E-state index contributed by atoms with van der Waals surface area (Å²) < 4.78 is 10.1. The van der Waals surface area contributed by atoms with E-state index in [9.17, 15) is 9.59 Å². The van der Waals surface area contributed by atoms with Gasteiger partial charge < -0.3 is 14.0 Å². The number of imide groups is 1. The molecule has 0 radical (unpaired) electrons. The Morgan fingerprint density at radius 2 is 1.69 bits per heavy atom. The van der Waals surface area contributed by atoms with E-state index in [1.54, 1.807) is 0 Å². The summed E-state index contributed by atoms with van der Waals surface area (Å²) in [6.07, 6.45) is 5.28. The second-order valence-corrected chi connectivity index (χ2v) is 18.0. The van der Waals surface area contributed by atoms with E-state index in [1.807, 2.05) is 30.3 Å². The molecule has 2 atom stereocenters. The van der Waals surface area contributed by atoms with Gasteiger partial charge in [-0.3, -0.25) is 14.9 Å². The molecule has 2 N–H and O–H groups in total. The van der Waals surface area contributed by atoms with Crippen LogP contribution in [-0.2, 0) is 4.43 Å². The summed E-state index contributed by atoms with van der Waals surface area (Å²) in [5, 5.41) is 6.20. The van der Waals surface area contributed by atoms with Crippen LogP contribution < -0.4 is 5.32 Å². The highest BCUT2D eigenvalue weighted by Crippen LogP contribution is 2.47. The van der Waals surface area contributed by atoms with Crippen molar-refractivity contribution in [2.45, 2.75) is 57.5 Å². The number of aromatic nitrogens is 2. The van der Waals surface area contributed by atoms with E-state index in [2.05, 4.69) is 88.9 Å². The first-order chi connectivity index (χ1) is 18.5. The van der Waals surface area contributed by atoms with Crippen molar-refractivity contribution in [2.24, 2.45) is 0 Å². The van der Waals surface area contributed by atoms with Crippen molar-refractivity contribution in [2.75, 3.05) is 0 Å². The third kappa shape index (κ3) is 3.47. The van der Waals surface area contributed by atoms with Crippen molar-refractivity contribution < 1.29 is 14.0 Å². The third-order valence-electron chi connectivity index (χ3n) is 8.94. The van der Waals surface area contributed by atoms with Gasteiger partial charge in [0.25, 0.3) is 11.8 Å². The molecule has 0 saturated carbocycles. The molecular formula is C31H30BrN3O3Si. The minimum Gasteiger partial charge on any atom is -0.410 e. The monoisotopic (exact) mass is 599 g/mol. The molecule has 2 aromatic heterocycles. The van der Waals surface area contributed by atoms with Gasteiger partial charge in [-0.2, -0.15) is 0 Å². The molecule has 8 heteroatoms. The van der Waals surface area contributed by atoms with Crippen LogP contribution in [0.1, 0.15) is 53.9 Å². The number of allylic oxidation sites excluding steroid dienone is 1. The lowest BCUT2D eigenvalue weighted by Crippen LogP contribution is -2.43. The number of nitrogens with zero attached hydrogens (tertiary/aromatic N) is 1. The number of H-pyrrole nitrogens is 1. The average Bonchev–Trinajstić information content (AvgIpc) is 3.60. The highest BCUT2D eigenvalue weighted by atomic mass is 79.9. The number of carbonyl (C=O) groups excluding carboxylic acids is 2. The summed E-state index contributed by atoms with van der Waals surface area (Å²) in [4.78, 5) is 30.2. The maximum atomic E-state index is 13.4. The normalized spacial score (nSPS) is 19.7. The Bertz CT molecular complexity index is 1920. The van der Waals surface area contributed by atoms with Crippen molar-refractivity contribution >= 4 is 79.7 Å². The fourth-order valence-corrected chi connectivity index (χ4v) is 7.77. The maximum absolute atomic E-state index is 13.4. The number of rotatable bonds is 3. The average molecular weight is 601 g/mol. The summed E-state index contributed by atoms with van der Waals surface area (Å²) in [6.45, 7) is 11.4. The first-order valence-electron chi connectivity index (χ1n) is 13.4. The van der Waals surface area contributed by atoms with Gasteiger partial charge in [0.05, 0.1) is 34.3 Å². The standard InChI is InChI=1S/C31H30BrN3O3Si/c1-31(2,3)39(4,5)38-18-12-11-17(15-18)35-22-13-10-16(32)14-20(22)24-26-25(29(36)34-30(26)37)23-19-8-6-7-9-21(19)33-27(23)28(24)35/h6-14,17-18,33H,15H2,1-5H3,(H,34,36,37)/t17-,18+/m1/s1. The highest BCUT2D eigenvalue weighted by Gasteiger charge is 2.41. The quantitative estimate of drug-likeness (QED) is 0.125. The maximum Gasteiger partial charge on any atom is 0.259 e. The predicted octanol–water partition coefficient (Wildman–Crippen LogP) is 7.97. The van der Waals surface area contributed by atoms with Crippen LogP contribution in [0, 0.1) is 0 Å². The van der Waals surface area contributed by atoms with E-state index in [0.29, 0.717) is 11.1 Å². The molecule has 2 aliphatic rings. The summed E-state index contributed by atoms with van der Waals surface area (Å²) in [6, 6.07) is 14.2. The zero-order valence-electron chi connectivity index (χ0n) is 22.6. The Kier molecular flexibility index (Phi) is 5.19. The molecule has 0 bridgehead atoms. The molecule has 7 rings (SSSR count). The van der Waals surface area contributed by atoms with Crippen molar-refractivity contribution in [1.29, 1.82) is 0 Å². The zero-order valence-corrected chi connectivity index (χ0v) is 25.2. The molecule has 198 valence electrons. The number of carbonyl (C=O) groups is 2. The number of halogens is 1. The molecule has 2 amide bonds. The molecule has 39 heavy (non-hydrogen) atoms. The lowest BCUT2D eigenvalue weighted by molar-refractivity contribution is 0.0880. The molecule has 3 aromatic carbocycles. The minimum atomic E-state index is -1.96. The first kappa shape index (κ1) is 24.8. The summed E-state index contributed by atoms with van der Waals surface area (Å²) in [7, 11) is -1.96. The predicted molar refractivity (Wildman–Crippen MR) is 163 cm³/mol. The fraction of sp³-hybridized carbons (Fsp3) is 0.290. The van der Waals surface area contributed by atoms with Crippen molar-refractivity contribution in [1.82, 2.24) is 14.9 Å². The molecule has 0 spiro atoms. The topological polar surface area (TPSA) is 76.1 Å². The lowest BCUT2D eigenvalue weighted by atomic mass is 9.96. The van der Waals surface area contributed by atoms with Gasteiger partial charge >= 0.3 is 0 Å². The second kappa shape index (κ2) is 8.16. The number of fused-ring (bicyclic) bond motifs is 10. The lowest BCUT2D eigenvalue weighted by Gasteiger charge is -2.38. The van der Waals surface area contributed by atoms with Gasteiger partial charge in [-0.1, -0.05) is 67.1 Å². The summed E-state index contributed by atoms with van der Waals surface area (Å²) in [5.74, 6) is -0.682. The molecular weight excluding hydrogens is 570 g/mol. The molecule has 3 heterocycles. The first-order valence-corrected chi connectivity index (χ1v) is 17.1. The molecule has 0 unspecified atom stereocenters. The molecule has 0 fully saturated rings. The van der Waals surface area contributed by atoms with E-state index in [4.69, 9.17) is 4.43 Å². The van der Waals surface area contributed by atoms with Crippen LogP contribution >= 0.6 is 15.9 Å². The van der Waals surface area contributed by atoms with Crippen molar-refractivity contribution in [3.05, 3.63) is 70.2 Å². The van der Waals surface area contributed by atoms with E-state index >= 15 is 0 Å². The third-order valence-corrected chi connectivity index (χ3v) is 13.9. The Hall–Kier alpha value is -3.20. The van der Waals surface area contributed by atoms with E-state index in [0.717, 1.165) is 54.5 Å². The molecule has 0 saturated heterocycles. The van der Waals surface area contributed by atoms with Crippen LogP contribution in [0.3, 0.4) is 0 Å². The summed E-state index contributed by atoms with van der Waals surface area (Å²) in [5.41, 5.74) is 4.71. The van der Waals surface area contributed by atoms with Gasteiger partial charge in [-0.15, -0.1) is 0 Å². The van der Waals surface area contributed by atoms with Crippen LogP contribution in [0.4, 0.5) is 0 Å². The Morgan fingerprint density at radius 1 is 0.974 bits per heavy atom. The number of hydrogen-bond donors (Lipinski definition) is 2. The second-order valence-electron chi connectivity index (χ2n) is 12.3. The number of benzene rings is 3. The minimum absolute atomic E-state index is 0.0244. The number of para-hydroxylation sites is 1. The smallest absolute Gasteiger partial charge is 0.259 e. The van der Waals surface area contributed by atoms with Gasteiger partial charge in [0.2, 0.25) is 0 Å². The van der Waals surface area contributed by atoms with Crippen LogP contribution in [0.25, 0.3) is 43.6 Å². The van der Waals surface area contributed by atoms with E-state index in [1.165, 1.54) is 0 Å². The van der Waals surface area contributed by atoms with Crippen LogP contribution in [0.5, 0.6) is 0 Å². The summed E-state index contributed by atoms with van der Waals surface area (Å²) >= 11 is 3.64. The number of nitrogens with one attached hydrogen (secondary N) is 2. The molecule has 1 aliphatic carbocycles. The molecule has 6 nitrogen and oxygen atoms in total. The largest absolute Gasteiger partial charge is 0.410 e. The fourth-order valence-electron chi connectivity index (χ4n) is 6.12. The Balaban J connectivity index is 1.54. The zero-order chi connectivity index (χ0) is 27.4. The van der Waals surface area contributed by atoms with Crippen LogP contribution in [-0.4, -0.2) is 35.8 Å².